The molecule has 1 unspecified atom stereocenters. The first-order valence-corrected chi connectivity index (χ1v) is 3.57. The van der Waals surface area contributed by atoms with Crippen molar-refractivity contribution in [3.05, 3.63) is 0 Å². The molecule has 0 bridgehead atoms. The molecule has 0 saturated heterocycles. The Balaban J connectivity index is 3.99. The zero-order valence-corrected chi connectivity index (χ0v) is 7.32. The van der Waals surface area contributed by atoms with Crippen LogP contribution >= 0.6 is 0 Å². The molecule has 0 aromatic heterocycles. The van der Waals surface area contributed by atoms with E-state index in [1.165, 1.54) is 0 Å². The molecule has 0 aromatic rings. The zero-order valence-electron chi connectivity index (χ0n) is 7.32. The SMILES string of the molecule is CC(OCC(F)(F)F)OC(F)(F)C(F)F. The van der Waals surface area contributed by atoms with Gasteiger partial charge in [0.1, 0.15) is 6.61 Å². The van der Waals surface area contributed by atoms with Crippen LogP contribution in [0.2, 0.25) is 0 Å². The van der Waals surface area contributed by atoms with Gasteiger partial charge in [0, 0.05) is 0 Å². The van der Waals surface area contributed by atoms with Crippen LogP contribution in [-0.2, 0) is 9.47 Å². The predicted molar refractivity (Wildman–Crippen MR) is 33.5 cm³/mol. The maximum absolute atomic E-state index is 12.1. The van der Waals surface area contributed by atoms with Gasteiger partial charge in [-0.3, -0.25) is 4.74 Å². The number of rotatable bonds is 5. The molecule has 0 saturated carbocycles. The van der Waals surface area contributed by atoms with E-state index in [-0.39, 0.29) is 0 Å². The lowest BCUT2D eigenvalue weighted by molar-refractivity contribution is -0.360. The summed E-state index contributed by atoms with van der Waals surface area (Å²) in [4.78, 5) is 0. The molecule has 0 heterocycles. The van der Waals surface area contributed by atoms with Crippen LogP contribution in [0.4, 0.5) is 30.7 Å². The Bertz CT molecular complexity index is 190. The highest BCUT2D eigenvalue weighted by Gasteiger charge is 2.44. The molecule has 0 radical (unpaired) electrons. The molecule has 0 aliphatic carbocycles. The van der Waals surface area contributed by atoms with Gasteiger partial charge in [0.05, 0.1) is 0 Å². The van der Waals surface area contributed by atoms with Crippen LogP contribution in [0.3, 0.4) is 0 Å². The monoisotopic (exact) mass is 244 g/mol. The fraction of sp³-hybridized carbons (Fsp3) is 1.00. The molecule has 0 aromatic carbocycles. The summed E-state index contributed by atoms with van der Waals surface area (Å²) in [5, 5.41) is 0. The minimum atomic E-state index is -4.83. The van der Waals surface area contributed by atoms with Crippen molar-refractivity contribution < 1.29 is 40.2 Å². The first-order chi connectivity index (χ1) is 6.54. The Morgan fingerprint density at radius 2 is 1.53 bits per heavy atom. The van der Waals surface area contributed by atoms with Gasteiger partial charge < -0.3 is 4.74 Å². The lowest BCUT2D eigenvalue weighted by Crippen LogP contribution is -2.36. The van der Waals surface area contributed by atoms with Crippen LogP contribution in [0.5, 0.6) is 0 Å². The standard InChI is InChI=1S/C6H7F7O2/c1-3(14-2-5(9,10)11)15-6(12,13)4(7)8/h3-4H,2H2,1H3. The van der Waals surface area contributed by atoms with Gasteiger partial charge in [0.15, 0.2) is 6.29 Å². The maximum Gasteiger partial charge on any atom is 0.418 e. The smallest absolute Gasteiger partial charge is 0.343 e. The van der Waals surface area contributed by atoms with Crippen LogP contribution in [0, 0.1) is 0 Å². The Hall–Kier alpha value is -0.570. The van der Waals surface area contributed by atoms with Crippen molar-refractivity contribution in [3.8, 4) is 0 Å². The van der Waals surface area contributed by atoms with Gasteiger partial charge in [0.25, 0.3) is 0 Å². The topological polar surface area (TPSA) is 18.5 Å². The first kappa shape index (κ1) is 14.4. The maximum atomic E-state index is 12.1. The molecule has 15 heavy (non-hydrogen) atoms. The van der Waals surface area contributed by atoms with Gasteiger partial charge >= 0.3 is 18.7 Å². The van der Waals surface area contributed by atoms with Crippen molar-refractivity contribution in [1.29, 1.82) is 0 Å². The van der Waals surface area contributed by atoms with Gasteiger partial charge in [-0.05, 0) is 6.92 Å². The molecule has 0 spiro atoms. The number of ether oxygens (including phenoxy) is 2. The van der Waals surface area contributed by atoms with Crippen LogP contribution in [-0.4, -0.2) is 31.6 Å². The van der Waals surface area contributed by atoms with Crippen molar-refractivity contribution in [3.63, 3.8) is 0 Å². The van der Waals surface area contributed by atoms with Gasteiger partial charge in [-0.15, -0.1) is 0 Å². The first-order valence-electron chi connectivity index (χ1n) is 3.57. The van der Waals surface area contributed by atoms with Gasteiger partial charge in [0.2, 0.25) is 0 Å². The summed E-state index contributed by atoms with van der Waals surface area (Å²) in [7, 11) is 0. The van der Waals surface area contributed by atoms with E-state index in [9.17, 15) is 30.7 Å². The summed E-state index contributed by atoms with van der Waals surface area (Å²) in [5.41, 5.74) is 0. The third kappa shape index (κ3) is 6.50. The van der Waals surface area contributed by atoms with E-state index in [1.54, 1.807) is 0 Å². The summed E-state index contributed by atoms with van der Waals surface area (Å²) in [6, 6.07) is 0. The van der Waals surface area contributed by atoms with Crippen molar-refractivity contribution >= 4 is 0 Å². The third-order valence-electron chi connectivity index (χ3n) is 1.06. The Morgan fingerprint density at radius 1 is 1.07 bits per heavy atom. The van der Waals surface area contributed by atoms with Crippen LogP contribution in [0.1, 0.15) is 6.92 Å². The molecule has 1 atom stereocenters. The molecular formula is C6H7F7O2. The molecule has 0 amide bonds. The number of hydrogen-bond donors (Lipinski definition) is 0. The van der Waals surface area contributed by atoms with Gasteiger partial charge in [-0.2, -0.15) is 22.0 Å². The molecule has 0 rings (SSSR count). The van der Waals surface area contributed by atoms with E-state index in [0.717, 1.165) is 0 Å². The van der Waals surface area contributed by atoms with E-state index in [1.807, 2.05) is 0 Å². The fourth-order valence-corrected chi connectivity index (χ4v) is 0.519. The summed E-state index contributed by atoms with van der Waals surface area (Å²) >= 11 is 0. The van der Waals surface area contributed by atoms with Gasteiger partial charge in [-0.1, -0.05) is 0 Å². The third-order valence-corrected chi connectivity index (χ3v) is 1.06. The van der Waals surface area contributed by atoms with Crippen LogP contribution < -0.4 is 0 Å². The van der Waals surface area contributed by atoms with Crippen molar-refractivity contribution in [1.82, 2.24) is 0 Å². The Kier molecular flexibility index (Phi) is 4.78. The second-order valence-electron chi connectivity index (χ2n) is 2.47. The van der Waals surface area contributed by atoms with Crippen molar-refractivity contribution in [2.75, 3.05) is 6.61 Å². The average molecular weight is 244 g/mol. The van der Waals surface area contributed by atoms with E-state index in [4.69, 9.17) is 0 Å². The molecule has 0 fully saturated rings. The quantitative estimate of drug-likeness (QED) is 0.546. The average Bonchev–Trinajstić information content (AvgIpc) is 1.98. The second-order valence-corrected chi connectivity index (χ2v) is 2.47. The van der Waals surface area contributed by atoms with E-state index >= 15 is 0 Å². The largest absolute Gasteiger partial charge is 0.418 e. The Morgan fingerprint density at radius 3 is 1.87 bits per heavy atom. The normalized spacial score (nSPS) is 15.8. The number of hydrogen-bond acceptors (Lipinski definition) is 2. The highest BCUT2D eigenvalue weighted by atomic mass is 19.4. The van der Waals surface area contributed by atoms with Crippen molar-refractivity contribution in [2.24, 2.45) is 0 Å². The molecule has 9 heteroatoms. The molecule has 2 nitrogen and oxygen atoms in total. The second kappa shape index (κ2) is 4.97. The highest BCUT2D eigenvalue weighted by Crippen LogP contribution is 2.26. The highest BCUT2D eigenvalue weighted by molar-refractivity contribution is 4.56. The summed E-state index contributed by atoms with van der Waals surface area (Å²) in [6.45, 7) is -1.20. The number of halogens is 7. The molecule has 92 valence electrons. The molecular weight excluding hydrogens is 237 g/mol. The summed E-state index contributed by atoms with van der Waals surface area (Å²) in [6.07, 6.45) is -15.8. The fourth-order valence-electron chi connectivity index (χ4n) is 0.519. The van der Waals surface area contributed by atoms with Gasteiger partial charge in [-0.25, -0.2) is 8.78 Å². The van der Waals surface area contributed by atoms with E-state index < -0.39 is 31.6 Å². The Labute approximate surface area is 79.9 Å². The number of alkyl halides is 7. The minimum Gasteiger partial charge on any atom is -0.343 e. The zero-order chi connectivity index (χ0) is 12.3. The molecule has 0 aliphatic heterocycles. The predicted octanol–water partition coefficient (Wildman–Crippen LogP) is 2.79. The van der Waals surface area contributed by atoms with E-state index in [0.29, 0.717) is 6.92 Å². The lowest BCUT2D eigenvalue weighted by atomic mass is 10.6. The lowest BCUT2D eigenvalue weighted by Gasteiger charge is -2.21. The van der Waals surface area contributed by atoms with Crippen molar-refractivity contribution in [2.45, 2.75) is 31.9 Å². The van der Waals surface area contributed by atoms with E-state index in [2.05, 4.69) is 9.47 Å². The van der Waals surface area contributed by atoms with Crippen LogP contribution in [0.15, 0.2) is 0 Å². The summed E-state index contributed by atoms with van der Waals surface area (Å²) < 4.78 is 88.6. The minimum absolute atomic E-state index is 0.655. The summed E-state index contributed by atoms with van der Waals surface area (Å²) in [5.74, 6) is 0. The molecule has 0 aliphatic rings. The molecule has 0 N–H and O–H groups in total. The van der Waals surface area contributed by atoms with Crippen LogP contribution in [0.25, 0.3) is 0 Å².